The SMILES string of the molecule is C/C=C\C/C=C\C/C=C\C/C=C\CCCC(=O)O[C@H](COC(=O)CCCCCCCCCCCCCCCCC)COP(=O)(O)OCC[N+](C)(C)C. The summed E-state index contributed by atoms with van der Waals surface area (Å²) in [5.41, 5.74) is 0. The number of hydrogen-bond donors (Lipinski definition) is 1. The molecule has 0 rings (SSSR count). The van der Waals surface area contributed by atoms with Crippen molar-refractivity contribution in [2.24, 2.45) is 0 Å². The van der Waals surface area contributed by atoms with Crippen molar-refractivity contribution in [3.8, 4) is 0 Å². The minimum Gasteiger partial charge on any atom is -0.462 e. The molecule has 0 heterocycles. The molecular weight excluding hydrogens is 677 g/mol. The Bertz CT molecular complexity index is 1030. The smallest absolute Gasteiger partial charge is 0.462 e. The molecule has 52 heavy (non-hydrogen) atoms. The van der Waals surface area contributed by atoms with Gasteiger partial charge < -0.3 is 18.9 Å². The van der Waals surface area contributed by atoms with Gasteiger partial charge in [0.1, 0.15) is 19.8 Å². The van der Waals surface area contributed by atoms with Gasteiger partial charge in [-0.2, -0.15) is 0 Å². The van der Waals surface area contributed by atoms with E-state index in [1.807, 2.05) is 40.2 Å². The van der Waals surface area contributed by atoms with E-state index in [-0.39, 0.29) is 32.0 Å². The second kappa shape index (κ2) is 34.7. The summed E-state index contributed by atoms with van der Waals surface area (Å²) in [6.45, 7) is 4.12. The van der Waals surface area contributed by atoms with Crippen molar-refractivity contribution in [1.29, 1.82) is 0 Å². The fraction of sp³-hybridized carbons (Fsp3) is 0.762. The minimum atomic E-state index is -4.38. The lowest BCUT2D eigenvalue weighted by atomic mass is 10.0. The van der Waals surface area contributed by atoms with Gasteiger partial charge in [-0.05, 0) is 45.4 Å². The molecule has 0 aliphatic carbocycles. The zero-order valence-corrected chi connectivity index (χ0v) is 34.7. The van der Waals surface area contributed by atoms with Crippen LogP contribution in [0.3, 0.4) is 0 Å². The lowest BCUT2D eigenvalue weighted by Crippen LogP contribution is -2.37. The first-order valence-electron chi connectivity index (χ1n) is 20.3. The fourth-order valence-corrected chi connectivity index (χ4v) is 5.98. The van der Waals surface area contributed by atoms with Crippen LogP contribution in [0.15, 0.2) is 48.6 Å². The number of likely N-dealkylation sites (N-methyl/N-ethyl adjacent to an activating group) is 1. The van der Waals surface area contributed by atoms with Crippen molar-refractivity contribution >= 4 is 19.8 Å². The van der Waals surface area contributed by atoms with Crippen molar-refractivity contribution in [2.45, 2.75) is 161 Å². The first-order valence-corrected chi connectivity index (χ1v) is 21.8. The van der Waals surface area contributed by atoms with Crippen LogP contribution in [0.5, 0.6) is 0 Å². The van der Waals surface area contributed by atoms with Crippen LogP contribution in [0, 0.1) is 0 Å². The molecule has 9 nitrogen and oxygen atoms in total. The summed E-state index contributed by atoms with van der Waals surface area (Å²) in [6.07, 6.45) is 38.9. The van der Waals surface area contributed by atoms with Crippen LogP contribution in [0.1, 0.15) is 155 Å². The Balaban J connectivity index is 4.46. The number of phosphoric ester groups is 1. The zero-order valence-electron chi connectivity index (χ0n) is 33.8. The van der Waals surface area contributed by atoms with E-state index in [2.05, 4.69) is 43.4 Å². The topological polar surface area (TPSA) is 108 Å². The number of carbonyl (C=O) groups excluding carboxylic acids is 2. The maximum atomic E-state index is 12.6. The van der Waals surface area contributed by atoms with E-state index < -0.39 is 26.5 Å². The number of allylic oxidation sites excluding steroid dienone is 8. The third kappa shape index (κ3) is 37.7. The van der Waals surface area contributed by atoms with E-state index in [0.717, 1.165) is 38.5 Å². The van der Waals surface area contributed by atoms with Gasteiger partial charge in [-0.1, -0.05) is 145 Å². The summed E-state index contributed by atoms with van der Waals surface area (Å²) in [5, 5.41) is 0. The lowest BCUT2D eigenvalue weighted by molar-refractivity contribution is -0.870. The van der Waals surface area contributed by atoms with Crippen LogP contribution in [-0.2, 0) is 32.7 Å². The molecule has 0 saturated heterocycles. The number of nitrogens with zero attached hydrogens (tertiary/aromatic N) is 1. The zero-order chi connectivity index (χ0) is 38.6. The second-order valence-corrected chi connectivity index (χ2v) is 16.1. The van der Waals surface area contributed by atoms with Crippen molar-refractivity contribution < 1.29 is 42.1 Å². The number of rotatable bonds is 36. The Morgan fingerprint density at radius 3 is 1.63 bits per heavy atom. The number of ether oxygens (including phenoxy) is 2. The molecule has 0 aromatic rings. The highest BCUT2D eigenvalue weighted by molar-refractivity contribution is 7.47. The van der Waals surface area contributed by atoms with Crippen molar-refractivity contribution in [1.82, 2.24) is 0 Å². The van der Waals surface area contributed by atoms with E-state index in [4.69, 9.17) is 18.5 Å². The first-order chi connectivity index (χ1) is 25.0. The Kier molecular flexibility index (Phi) is 33.4. The van der Waals surface area contributed by atoms with Crippen LogP contribution < -0.4 is 0 Å². The first kappa shape index (κ1) is 50.0. The summed E-state index contributed by atoms with van der Waals surface area (Å²) >= 11 is 0. The quantitative estimate of drug-likeness (QED) is 0.0221. The van der Waals surface area contributed by atoms with E-state index in [9.17, 15) is 19.0 Å². The second-order valence-electron chi connectivity index (χ2n) is 14.7. The van der Waals surface area contributed by atoms with Gasteiger partial charge in [0.2, 0.25) is 0 Å². The van der Waals surface area contributed by atoms with Crippen molar-refractivity contribution in [3.05, 3.63) is 48.6 Å². The number of hydrogen-bond acceptors (Lipinski definition) is 7. The van der Waals surface area contributed by atoms with Gasteiger partial charge in [-0.15, -0.1) is 0 Å². The van der Waals surface area contributed by atoms with E-state index >= 15 is 0 Å². The number of esters is 2. The van der Waals surface area contributed by atoms with Gasteiger partial charge in [0.15, 0.2) is 6.10 Å². The average molecular weight is 755 g/mol. The monoisotopic (exact) mass is 755 g/mol. The van der Waals surface area contributed by atoms with E-state index in [0.29, 0.717) is 23.9 Å². The number of phosphoric acid groups is 1. The Hall–Kier alpha value is -2.03. The maximum absolute atomic E-state index is 12.6. The molecule has 0 saturated carbocycles. The molecule has 0 aliphatic heterocycles. The van der Waals surface area contributed by atoms with Crippen LogP contribution in [0.25, 0.3) is 0 Å². The molecule has 302 valence electrons. The van der Waals surface area contributed by atoms with Crippen LogP contribution in [0.4, 0.5) is 0 Å². The molecule has 2 atom stereocenters. The third-order valence-electron chi connectivity index (χ3n) is 8.46. The maximum Gasteiger partial charge on any atom is 0.472 e. The summed E-state index contributed by atoms with van der Waals surface area (Å²) in [5.74, 6) is -0.866. The van der Waals surface area contributed by atoms with Gasteiger partial charge in [0, 0.05) is 12.8 Å². The normalized spacial score (nSPS) is 14.2. The largest absolute Gasteiger partial charge is 0.472 e. The highest BCUT2D eigenvalue weighted by Gasteiger charge is 2.27. The molecule has 0 bridgehead atoms. The molecule has 1 N–H and O–H groups in total. The molecule has 0 aromatic heterocycles. The minimum absolute atomic E-state index is 0.0210. The standard InChI is InChI=1S/C42H76NO8P/c1-6-8-10-12-14-16-18-20-21-23-24-26-28-30-32-34-41(44)48-38-40(39-50-52(46,47)49-37-36-43(3,4)5)51-42(45)35-33-31-29-27-25-22-19-17-15-13-11-9-7-2/h7,9,13,15,19,22,27,29,40H,6,8,10-12,14,16-18,20-21,23-26,28,30-39H2,1-5H3/p+1/b9-7-,15-13-,22-19-,29-27-/t40-/m1/s1. The molecular formula is C42H77NO8P+. The summed E-state index contributed by atoms with van der Waals surface area (Å²) < 4.78 is 34.1. The fourth-order valence-electron chi connectivity index (χ4n) is 5.24. The van der Waals surface area contributed by atoms with Crippen LogP contribution in [-0.4, -0.2) is 74.9 Å². The third-order valence-corrected chi connectivity index (χ3v) is 9.44. The molecule has 1 unspecified atom stereocenters. The Labute approximate surface area is 318 Å². The number of unbranched alkanes of at least 4 members (excludes halogenated alkanes) is 15. The Morgan fingerprint density at radius 1 is 0.635 bits per heavy atom. The predicted octanol–water partition coefficient (Wildman–Crippen LogP) is 11.1. The van der Waals surface area contributed by atoms with E-state index in [1.54, 1.807) is 0 Å². The number of carbonyl (C=O) groups is 2. The van der Waals surface area contributed by atoms with Crippen LogP contribution in [0.2, 0.25) is 0 Å². The van der Waals surface area contributed by atoms with Gasteiger partial charge in [0.05, 0.1) is 27.7 Å². The number of quaternary nitrogens is 1. The van der Waals surface area contributed by atoms with Crippen molar-refractivity contribution in [3.63, 3.8) is 0 Å². The summed E-state index contributed by atoms with van der Waals surface area (Å²) in [6, 6.07) is 0. The van der Waals surface area contributed by atoms with Crippen LogP contribution >= 0.6 is 7.82 Å². The molecule has 0 amide bonds. The van der Waals surface area contributed by atoms with Crippen molar-refractivity contribution in [2.75, 3.05) is 47.5 Å². The van der Waals surface area contributed by atoms with Gasteiger partial charge in [0.25, 0.3) is 0 Å². The Morgan fingerprint density at radius 2 is 1.12 bits per heavy atom. The molecule has 0 aliphatic rings. The van der Waals surface area contributed by atoms with Gasteiger partial charge in [-0.3, -0.25) is 18.6 Å². The molecule has 0 radical (unpaired) electrons. The molecule has 0 aromatic carbocycles. The average Bonchev–Trinajstić information content (AvgIpc) is 3.09. The summed E-state index contributed by atoms with van der Waals surface area (Å²) in [4.78, 5) is 35.2. The molecule has 0 spiro atoms. The van der Waals surface area contributed by atoms with Gasteiger partial charge >= 0.3 is 19.8 Å². The summed E-state index contributed by atoms with van der Waals surface area (Å²) in [7, 11) is 1.44. The highest BCUT2D eigenvalue weighted by Crippen LogP contribution is 2.43. The predicted molar refractivity (Wildman–Crippen MR) is 215 cm³/mol. The van der Waals surface area contributed by atoms with E-state index in [1.165, 1.54) is 77.0 Å². The lowest BCUT2D eigenvalue weighted by Gasteiger charge is -2.24. The molecule has 0 fully saturated rings. The van der Waals surface area contributed by atoms with Gasteiger partial charge in [-0.25, -0.2) is 4.57 Å². The molecule has 10 heteroatoms. The highest BCUT2D eigenvalue weighted by atomic mass is 31.2.